The predicted molar refractivity (Wildman–Crippen MR) is 87.3 cm³/mol. The summed E-state index contributed by atoms with van der Waals surface area (Å²) in [5.74, 6) is 0.689. The molecule has 0 bridgehead atoms. The Morgan fingerprint density at radius 1 is 1.33 bits per heavy atom. The van der Waals surface area contributed by atoms with E-state index in [1.807, 2.05) is 45.0 Å². The van der Waals surface area contributed by atoms with Crippen LogP contribution >= 0.6 is 15.9 Å². The van der Waals surface area contributed by atoms with Gasteiger partial charge in [-0.05, 0) is 36.1 Å². The molecule has 5 heteroatoms. The van der Waals surface area contributed by atoms with Crippen LogP contribution < -0.4 is 10.1 Å². The lowest BCUT2D eigenvalue weighted by Gasteiger charge is -2.31. The zero-order valence-electron chi connectivity index (χ0n) is 12.9. The van der Waals surface area contributed by atoms with Crippen molar-refractivity contribution in [3.8, 4) is 5.75 Å². The fraction of sp³-hybridized carbons (Fsp3) is 0.562. The zero-order valence-corrected chi connectivity index (χ0v) is 14.4. The standard InChI is InChI=1S/C16H24BrNO3/c1-16(2,3)14(8-10-19)18-15(20)9-11-21-13-6-4-12(17)5-7-13/h4-7,14,19H,8-11H2,1-3H3,(H,18,20). The van der Waals surface area contributed by atoms with Gasteiger partial charge in [-0.2, -0.15) is 0 Å². The van der Waals surface area contributed by atoms with Crippen molar-refractivity contribution in [1.82, 2.24) is 5.32 Å². The van der Waals surface area contributed by atoms with Crippen LogP contribution in [0.1, 0.15) is 33.6 Å². The number of amides is 1. The number of nitrogens with one attached hydrogen (secondary N) is 1. The van der Waals surface area contributed by atoms with E-state index in [9.17, 15) is 4.79 Å². The summed E-state index contributed by atoms with van der Waals surface area (Å²) >= 11 is 3.36. The Morgan fingerprint density at radius 2 is 1.95 bits per heavy atom. The highest BCUT2D eigenvalue weighted by Gasteiger charge is 2.25. The van der Waals surface area contributed by atoms with E-state index in [1.54, 1.807) is 0 Å². The Labute approximate surface area is 135 Å². The van der Waals surface area contributed by atoms with E-state index in [0.29, 0.717) is 19.4 Å². The zero-order chi connectivity index (χ0) is 15.9. The third-order valence-corrected chi connectivity index (χ3v) is 3.74. The lowest BCUT2D eigenvalue weighted by molar-refractivity contribution is -0.123. The minimum Gasteiger partial charge on any atom is -0.493 e. The largest absolute Gasteiger partial charge is 0.493 e. The summed E-state index contributed by atoms with van der Waals surface area (Å²) in [6.07, 6.45) is 0.858. The fourth-order valence-electron chi connectivity index (χ4n) is 1.91. The molecule has 0 saturated heterocycles. The molecule has 1 rings (SSSR count). The number of rotatable bonds is 7. The first-order valence-corrected chi connectivity index (χ1v) is 7.91. The number of carbonyl (C=O) groups excluding carboxylic acids is 1. The second kappa shape index (κ2) is 8.39. The van der Waals surface area contributed by atoms with Crippen molar-refractivity contribution in [1.29, 1.82) is 0 Å². The first kappa shape index (κ1) is 18.0. The number of aliphatic hydroxyl groups excluding tert-OH is 1. The maximum Gasteiger partial charge on any atom is 0.223 e. The molecule has 0 aliphatic rings. The molecule has 0 saturated carbocycles. The molecule has 0 aliphatic heterocycles. The SMILES string of the molecule is CC(C)(C)C(CCO)NC(=O)CCOc1ccc(Br)cc1. The molecule has 0 fully saturated rings. The molecule has 0 radical (unpaired) electrons. The maximum atomic E-state index is 11.9. The average Bonchev–Trinajstić information content (AvgIpc) is 2.39. The number of carbonyl (C=O) groups is 1. The lowest BCUT2D eigenvalue weighted by Crippen LogP contribution is -2.44. The number of benzene rings is 1. The molecular weight excluding hydrogens is 334 g/mol. The summed E-state index contributed by atoms with van der Waals surface area (Å²) in [5.41, 5.74) is -0.0784. The lowest BCUT2D eigenvalue weighted by atomic mass is 9.85. The third-order valence-electron chi connectivity index (χ3n) is 3.21. The maximum absolute atomic E-state index is 11.9. The van der Waals surface area contributed by atoms with E-state index in [0.717, 1.165) is 10.2 Å². The quantitative estimate of drug-likeness (QED) is 0.787. The van der Waals surface area contributed by atoms with Crippen LogP contribution in [-0.4, -0.2) is 30.3 Å². The van der Waals surface area contributed by atoms with Crippen LogP contribution in [0.3, 0.4) is 0 Å². The summed E-state index contributed by atoms with van der Waals surface area (Å²) < 4.78 is 6.52. The molecule has 0 heterocycles. The predicted octanol–water partition coefficient (Wildman–Crippen LogP) is 3.13. The highest BCUT2D eigenvalue weighted by atomic mass is 79.9. The van der Waals surface area contributed by atoms with E-state index < -0.39 is 0 Å². The molecular formula is C16H24BrNO3. The van der Waals surface area contributed by atoms with E-state index in [1.165, 1.54) is 0 Å². The number of halogens is 1. The van der Waals surface area contributed by atoms with Crippen LogP contribution in [0, 0.1) is 5.41 Å². The van der Waals surface area contributed by atoms with Gasteiger partial charge < -0.3 is 15.2 Å². The average molecular weight is 358 g/mol. The van der Waals surface area contributed by atoms with Crippen molar-refractivity contribution >= 4 is 21.8 Å². The van der Waals surface area contributed by atoms with Gasteiger partial charge in [0.2, 0.25) is 5.91 Å². The van der Waals surface area contributed by atoms with Crippen molar-refractivity contribution in [2.75, 3.05) is 13.2 Å². The van der Waals surface area contributed by atoms with Gasteiger partial charge in [0.1, 0.15) is 5.75 Å². The summed E-state index contributed by atoms with van der Waals surface area (Å²) in [6, 6.07) is 7.46. The first-order valence-electron chi connectivity index (χ1n) is 7.11. The highest BCUT2D eigenvalue weighted by Crippen LogP contribution is 2.21. The number of hydrogen-bond acceptors (Lipinski definition) is 3. The van der Waals surface area contributed by atoms with Gasteiger partial charge >= 0.3 is 0 Å². The second-order valence-corrected chi connectivity index (χ2v) is 6.97. The van der Waals surface area contributed by atoms with Gasteiger partial charge in [-0.25, -0.2) is 0 Å². The smallest absolute Gasteiger partial charge is 0.223 e. The summed E-state index contributed by atoms with van der Waals surface area (Å²) in [6.45, 7) is 6.55. The van der Waals surface area contributed by atoms with Crippen LogP contribution in [0.2, 0.25) is 0 Å². The molecule has 1 aromatic rings. The molecule has 1 atom stereocenters. The normalized spacial score (nSPS) is 12.8. The van der Waals surface area contributed by atoms with Crippen LogP contribution in [0.4, 0.5) is 0 Å². The number of aliphatic hydroxyl groups is 1. The van der Waals surface area contributed by atoms with Crippen LogP contribution in [-0.2, 0) is 4.79 Å². The molecule has 1 unspecified atom stereocenters. The van der Waals surface area contributed by atoms with Crippen molar-refractivity contribution in [3.63, 3.8) is 0 Å². The van der Waals surface area contributed by atoms with Crippen molar-refractivity contribution in [2.24, 2.45) is 5.41 Å². The second-order valence-electron chi connectivity index (χ2n) is 6.05. The third kappa shape index (κ3) is 6.96. The number of ether oxygens (including phenoxy) is 1. The highest BCUT2D eigenvalue weighted by molar-refractivity contribution is 9.10. The minimum atomic E-state index is -0.0784. The van der Waals surface area contributed by atoms with Gasteiger partial charge in [-0.1, -0.05) is 36.7 Å². The van der Waals surface area contributed by atoms with E-state index in [4.69, 9.17) is 9.84 Å². The molecule has 1 amide bonds. The van der Waals surface area contributed by atoms with Gasteiger partial charge in [0.05, 0.1) is 13.0 Å². The van der Waals surface area contributed by atoms with Crippen LogP contribution in [0.15, 0.2) is 28.7 Å². The van der Waals surface area contributed by atoms with E-state index in [-0.39, 0.29) is 24.0 Å². The van der Waals surface area contributed by atoms with Crippen molar-refractivity contribution in [2.45, 2.75) is 39.7 Å². The Kier molecular flexibility index (Phi) is 7.18. The monoisotopic (exact) mass is 357 g/mol. The minimum absolute atomic E-state index is 0.0392. The molecule has 0 aliphatic carbocycles. The molecule has 21 heavy (non-hydrogen) atoms. The van der Waals surface area contributed by atoms with E-state index in [2.05, 4.69) is 21.2 Å². The molecule has 0 spiro atoms. The molecule has 4 nitrogen and oxygen atoms in total. The Balaban J connectivity index is 2.37. The van der Waals surface area contributed by atoms with Crippen LogP contribution in [0.25, 0.3) is 0 Å². The van der Waals surface area contributed by atoms with Gasteiger partial charge in [0.25, 0.3) is 0 Å². The molecule has 118 valence electrons. The van der Waals surface area contributed by atoms with Gasteiger partial charge in [-0.3, -0.25) is 4.79 Å². The molecule has 1 aromatic carbocycles. The van der Waals surface area contributed by atoms with Crippen molar-refractivity contribution < 1.29 is 14.6 Å². The van der Waals surface area contributed by atoms with Gasteiger partial charge in [0.15, 0.2) is 0 Å². The summed E-state index contributed by atoms with van der Waals surface area (Å²) in [4.78, 5) is 11.9. The van der Waals surface area contributed by atoms with E-state index >= 15 is 0 Å². The Bertz CT molecular complexity index is 440. The van der Waals surface area contributed by atoms with Crippen LogP contribution in [0.5, 0.6) is 5.75 Å². The summed E-state index contributed by atoms with van der Waals surface area (Å²) in [5, 5.41) is 12.0. The topological polar surface area (TPSA) is 58.6 Å². The molecule has 2 N–H and O–H groups in total. The molecule has 0 aromatic heterocycles. The Hall–Kier alpha value is -1.07. The fourth-order valence-corrected chi connectivity index (χ4v) is 2.17. The van der Waals surface area contributed by atoms with Crippen molar-refractivity contribution in [3.05, 3.63) is 28.7 Å². The first-order chi connectivity index (χ1) is 9.82. The van der Waals surface area contributed by atoms with Gasteiger partial charge in [-0.15, -0.1) is 0 Å². The summed E-state index contributed by atoms with van der Waals surface area (Å²) in [7, 11) is 0. The van der Waals surface area contributed by atoms with Gasteiger partial charge in [0, 0.05) is 17.1 Å². The Morgan fingerprint density at radius 3 is 2.48 bits per heavy atom. The number of hydrogen-bond donors (Lipinski definition) is 2.